The fourth-order valence-electron chi connectivity index (χ4n) is 1.96. The number of benzene rings is 1. The molecule has 0 fully saturated rings. The summed E-state index contributed by atoms with van der Waals surface area (Å²) in [5.41, 5.74) is 7.46. The first-order valence-electron chi connectivity index (χ1n) is 6.28. The van der Waals surface area contributed by atoms with E-state index in [4.69, 9.17) is 17.3 Å². The second-order valence-corrected chi connectivity index (χ2v) is 5.08. The van der Waals surface area contributed by atoms with E-state index in [0.717, 1.165) is 5.56 Å². The molecule has 1 aromatic carbocycles. The van der Waals surface area contributed by atoms with Crippen LogP contribution < -0.4 is 11.1 Å². The van der Waals surface area contributed by atoms with Gasteiger partial charge in [0.25, 0.3) is 0 Å². The minimum Gasteiger partial charge on any atom is -0.348 e. The molecule has 6 heteroatoms. The fourth-order valence-corrected chi connectivity index (χ4v) is 2.26. The number of hydrogen-bond donors (Lipinski definition) is 2. The van der Waals surface area contributed by atoms with Gasteiger partial charge in [-0.15, -0.1) is 0 Å². The first kappa shape index (κ1) is 14.6. The maximum atomic E-state index is 12.1. The Labute approximate surface area is 122 Å². The molecule has 5 nitrogen and oxygen atoms in total. The third-order valence-corrected chi connectivity index (χ3v) is 3.44. The van der Waals surface area contributed by atoms with Gasteiger partial charge in [0.1, 0.15) is 6.04 Å². The molecular weight excluding hydrogens is 276 g/mol. The second-order valence-electron chi connectivity index (χ2n) is 4.68. The Morgan fingerprint density at radius 2 is 2.15 bits per heavy atom. The van der Waals surface area contributed by atoms with Gasteiger partial charge in [-0.1, -0.05) is 29.8 Å². The van der Waals surface area contributed by atoms with Crippen molar-refractivity contribution in [3.8, 4) is 0 Å². The van der Waals surface area contributed by atoms with Gasteiger partial charge in [-0.25, -0.2) is 0 Å². The highest BCUT2D eigenvalue weighted by atomic mass is 35.5. The molecule has 1 amide bonds. The molecule has 0 saturated carbocycles. The van der Waals surface area contributed by atoms with E-state index in [2.05, 4.69) is 10.4 Å². The lowest BCUT2D eigenvalue weighted by Crippen LogP contribution is -2.35. The van der Waals surface area contributed by atoms with Crippen LogP contribution in [0.1, 0.15) is 30.1 Å². The maximum absolute atomic E-state index is 12.1. The molecule has 0 saturated heterocycles. The van der Waals surface area contributed by atoms with Crippen LogP contribution in [0.4, 0.5) is 0 Å². The average molecular weight is 293 g/mol. The number of nitrogens with one attached hydrogen (secondary N) is 1. The standard InChI is InChI=1S/C14H17ClN4O/c1-9(11-5-3-4-6-12(11)15)18-14(20)13(16)10-7-17-19(2)8-10/h3-9,13H,16H2,1-2H3,(H,18,20)/t9-,13?/m0/s1. The second kappa shape index (κ2) is 6.07. The van der Waals surface area contributed by atoms with Gasteiger partial charge in [-0.3, -0.25) is 9.48 Å². The number of halogens is 1. The number of aromatic nitrogens is 2. The summed E-state index contributed by atoms with van der Waals surface area (Å²) in [4.78, 5) is 12.1. The molecular formula is C14H17ClN4O. The minimum atomic E-state index is -0.742. The molecule has 0 radical (unpaired) electrons. The van der Waals surface area contributed by atoms with E-state index < -0.39 is 6.04 Å². The van der Waals surface area contributed by atoms with Crippen LogP contribution in [0, 0.1) is 0 Å². The van der Waals surface area contributed by atoms with Crippen molar-refractivity contribution in [2.75, 3.05) is 0 Å². The van der Waals surface area contributed by atoms with E-state index in [1.54, 1.807) is 30.2 Å². The topological polar surface area (TPSA) is 72.9 Å². The van der Waals surface area contributed by atoms with Gasteiger partial charge >= 0.3 is 0 Å². The Morgan fingerprint density at radius 1 is 1.45 bits per heavy atom. The van der Waals surface area contributed by atoms with Crippen LogP contribution in [-0.4, -0.2) is 15.7 Å². The minimum absolute atomic E-state index is 0.209. The van der Waals surface area contributed by atoms with Crippen molar-refractivity contribution in [2.24, 2.45) is 12.8 Å². The first-order valence-corrected chi connectivity index (χ1v) is 6.65. The smallest absolute Gasteiger partial charge is 0.242 e. The third-order valence-electron chi connectivity index (χ3n) is 3.10. The van der Waals surface area contributed by atoms with Crippen LogP contribution in [0.5, 0.6) is 0 Å². The lowest BCUT2D eigenvalue weighted by Gasteiger charge is -2.18. The van der Waals surface area contributed by atoms with E-state index >= 15 is 0 Å². The molecule has 1 aromatic heterocycles. The van der Waals surface area contributed by atoms with Gasteiger partial charge in [0.2, 0.25) is 5.91 Å². The molecule has 1 unspecified atom stereocenters. The first-order chi connectivity index (χ1) is 9.49. The van der Waals surface area contributed by atoms with Crippen LogP contribution in [0.3, 0.4) is 0 Å². The van der Waals surface area contributed by atoms with Crippen molar-refractivity contribution in [2.45, 2.75) is 19.0 Å². The van der Waals surface area contributed by atoms with Crippen molar-refractivity contribution < 1.29 is 4.79 Å². The zero-order valence-electron chi connectivity index (χ0n) is 11.4. The molecule has 2 rings (SSSR count). The molecule has 0 aliphatic carbocycles. The Bertz CT molecular complexity index is 611. The molecule has 2 aromatic rings. The van der Waals surface area contributed by atoms with E-state index in [0.29, 0.717) is 10.6 Å². The normalized spacial score (nSPS) is 13.8. The summed E-state index contributed by atoms with van der Waals surface area (Å²) < 4.78 is 1.61. The Morgan fingerprint density at radius 3 is 2.75 bits per heavy atom. The maximum Gasteiger partial charge on any atom is 0.242 e. The van der Waals surface area contributed by atoms with E-state index in [-0.39, 0.29) is 11.9 Å². The molecule has 0 spiro atoms. The summed E-state index contributed by atoms with van der Waals surface area (Å²) in [5, 5.41) is 7.49. The molecule has 3 N–H and O–H groups in total. The average Bonchev–Trinajstić information content (AvgIpc) is 2.84. The van der Waals surface area contributed by atoms with Crippen LogP contribution in [0.2, 0.25) is 5.02 Å². The number of carbonyl (C=O) groups excluding carboxylic acids is 1. The van der Waals surface area contributed by atoms with Gasteiger partial charge in [0.05, 0.1) is 12.2 Å². The van der Waals surface area contributed by atoms with Crippen molar-refractivity contribution in [1.29, 1.82) is 0 Å². The highest BCUT2D eigenvalue weighted by Crippen LogP contribution is 2.22. The van der Waals surface area contributed by atoms with Crippen molar-refractivity contribution in [3.63, 3.8) is 0 Å². The van der Waals surface area contributed by atoms with E-state index in [1.165, 1.54) is 0 Å². The quantitative estimate of drug-likeness (QED) is 0.904. The molecule has 0 aliphatic heterocycles. The zero-order chi connectivity index (χ0) is 14.7. The Kier molecular flexibility index (Phi) is 4.42. The predicted octanol–water partition coefficient (Wildman–Crippen LogP) is 1.95. The van der Waals surface area contributed by atoms with Crippen molar-refractivity contribution >= 4 is 17.5 Å². The highest BCUT2D eigenvalue weighted by Gasteiger charge is 2.20. The molecule has 0 bridgehead atoms. The SMILES string of the molecule is C[C@H](NC(=O)C(N)c1cnn(C)c1)c1ccccc1Cl. The van der Waals surface area contributed by atoms with Gasteiger partial charge < -0.3 is 11.1 Å². The largest absolute Gasteiger partial charge is 0.348 e. The van der Waals surface area contributed by atoms with Gasteiger partial charge in [-0.2, -0.15) is 5.10 Å². The number of aryl methyl sites for hydroxylation is 1. The van der Waals surface area contributed by atoms with Crippen LogP contribution >= 0.6 is 11.6 Å². The lowest BCUT2D eigenvalue weighted by molar-refractivity contribution is -0.123. The fraction of sp³-hybridized carbons (Fsp3) is 0.286. The number of rotatable bonds is 4. The Balaban J connectivity index is 2.06. The van der Waals surface area contributed by atoms with Gasteiger partial charge in [0.15, 0.2) is 0 Å². The van der Waals surface area contributed by atoms with Crippen LogP contribution in [-0.2, 0) is 11.8 Å². The summed E-state index contributed by atoms with van der Waals surface area (Å²) >= 11 is 6.11. The summed E-state index contributed by atoms with van der Waals surface area (Å²) in [5.74, 6) is -0.259. The molecule has 2 atom stereocenters. The number of carbonyl (C=O) groups is 1. The predicted molar refractivity (Wildman–Crippen MR) is 78.1 cm³/mol. The van der Waals surface area contributed by atoms with Crippen LogP contribution in [0.15, 0.2) is 36.7 Å². The number of nitrogens with two attached hydrogens (primary N) is 1. The number of nitrogens with zero attached hydrogens (tertiary/aromatic N) is 2. The van der Waals surface area contributed by atoms with Gasteiger partial charge in [0, 0.05) is 23.8 Å². The zero-order valence-corrected chi connectivity index (χ0v) is 12.1. The highest BCUT2D eigenvalue weighted by molar-refractivity contribution is 6.31. The third kappa shape index (κ3) is 3.18. The Hall–Kier alpha value is -1.85. The molecule has 106 valence electrons. The summed E-state index contributed by atoms with van der Waals surface area (Å²) in [6.45, 7) is 1.87. The van der Waals surface area contributed by atoms with Crippen molar-refractivity contribution in [3.05, 3.63) is 52.8 Å². The van der Waals surface area contributed by atoms with Crippen molar-refractivity contribution in [1.82, 2.24) is 15.1 Å². The molecule has 1 heterocycles. The van der Waals surface area contributed by atoms with Crippen LogP contribution in [0.25, 0.3) is 0 Å². The van der Waals surface area contributed by atoms with E-state index in [9.17, 15) is 4.79 Å². The number of hydrogen-bond acceptors (Lipinski definition) is 3. The summed E-state index contributed by atoms with van der Waals surface area (Å²) in [7, 11) is 1.78. The van der Waals surface area contributed by atoms with Gasteiger partial charge in [-0.05, 0) is 18.6 Å². The van der Waals surface area contributed by atoms with E-state index in [1.807, 2.05) is 25.1 Å². The molecule has 0 aliphatic rings. The summed E-state index contributed by atoms with van der Waals surface area (Å²) in [6, 6.07) is 6.45. The molecule has 20 heavy (non-hydrogen) atoms. The summed E-state index contributed by atoms with van der Waals surface area (Å²) in [6.07, 6.45) is 3.31. The lowest BCUT2D eigenvalue weighted by atomic mass is 10.1. The number of amides is 1. The monoisotopic (exact) mass is 292 g/mol.